The number of benzene rings is 3. The first-order valence-corrected chi connectivity index (χ1v) is 10.0. The van der Waals surface area contributed by atoms with Crippen LogP contribution < -0.4 is 4.74 Å². The van der Waals surface area contributed by atoms with E-state index in [1.165, 1.54) is 4.90 Å². The quantitative estimate of drug-likeness (QED) is 0.376. The van der Waals surface area contributed by atoms with Crippen LogP contribution >= 0.6 is 0 Å². The minimum Gasteiger partial charge on any atom is -0.507 e. The highest BCUT2D eigenvalue weighted by Gasteiger charge is 2.46. The van der Waals surface area contributed by atoms with Gasteiger partial charge < -0.3 is 14.7 Å². The summed E-state index contributed by atoms with van der Waals surface area (Å²) in [6, 6.07) is 23.2. The number of ether oxygens (including phenoxy) is 1. The summed E-state index contributed by atoms with van der Waals surface area (Å²) >= 11 is 0. The van der Waals surface area contributed by atoms with Crippen LogP contribution in [0.2, 0.25) is 0 Å². The Morgan fingerprint density at radius 1 is 0.968 bits per heavy atom. The van der Waals surface area contributed by atoms with E-state index in [-0.39, 0.29) is 17.9 Å². The topological polar surface area (TPSA) is 66.8 Å². The van der Waals surface area contributed by atoms with Crippen molar-refractivity contribution in [2.45, 2.75) is 19.5 Å². The molecule has 1 amide bonds. The lowest BCUT2D eigenvalue weighted by atomic mass is 9.94. The molecule has 3 aromatic rings. The maximum Gasteiger partial charge on any atom is 0.295 e. The van der Waals surface area contributed by atoms with E-state index in [9.17, 15) is 14.7 Å². The van der Waals surface area contributed by atoms with E-state index in [2.05, 4.69) is 0 Å². The molecule has 0 spiro atoms. The minimum atomic E-state index is -0.704. The fourth-order valence-electron chi connectivity index (χ4n) is 4.00. The summed E-state index contributed by atoms with van der Waals surface area (Å²) in [7, 11) is 1.57. The molecule has 1 atom stereocenters. The highest BCUT2D eigenvalue weighted by molar-refractivity contribution is 6.46. The number of likely N-dealkylation sites (tertiary alicyclic amines) is 1. The maximum atomic E-state index is 13.1. The van der Waals surface area contributed by atoms with Crippen molar-refractivity contribution in [1.82, 2.24) is 4.90 Å². The third kappa shape index (κ3) is 3.82. The van der Waals surface area contributed by atoms with Crippen molar-refractivity contribution in [2.75, 3.05) is 7.11 Å². The summed E-state index contributed by atoms with van der Waals surface area (Å²) in [6.07, 6.45) is 0. The Bertz CT molecular complexity index is 1170. The van der Waals surface area contributed by atoms with Gasteiger partial charge in [-0.1, -0.05) is 78.4 Å². The molecule has 1 aliphatic heterocycles. The Morgan fingerprint density at radius 2 is 1.68 bits per heavy atom. The average Bonchev–Trinajstić information content (AvgIpc) is 3.04. The molecular formula is C26H23NO4. The van der Waals surface area contributed by atoms with Crippen molar-refractivity contribution < 1.29 is 19.4 Å². The smallest absolute Gasteiger partial charge is 0.295 e. The van der Waals surface area contributed by atoms with Crippen molar-refractivity contribution in [3.05, 3.63) is 107 Å². The van der Waals surface area contributed by atoms with Gasteiger partial charge in [0.15, 0.2) is 0 Å². The standard InChI is InChI=1S/C26H23NO4/c1-17-9-8-13-19(15-17)23-22(24(28)18-10-4-3-5-11-18)25(29)26(30)27(23)16-20-12-6-7-14-21(20)31-2/h3-15,23,28H,16H2,1-2H3/b24-22-. The fourth-order valence-corrected chi connectivity index (χ4v) is 4.00. The van der Waals surface area contributed by atoms with E-state index in [1.54, 1.807) is 31.4 Å². The second-order valence-corrected chi connectivity index (χ2v) is 7.52. The molecule has 31 heavy (non-hydrogen) atoms. The Kier molecular flexibility index (Phi) is 5.58. The van der Waals surface area contributed by atoms with Gasteiger partial charge >= 0.3 is 0 Å². The number of methoxy groups -OCH3 is 1. The highest BCUT2D eigenvalue weighted by atomic mass is 16.5. The van der Waals surface area contributed by atoms with Crippen LogP contribution in [0.4, 0.5) is 0 Å². The number of aliphatic hydroxyl groups is 1. The van der Waals surface area contributed by atoms with Crippen molar-refractivity contribution in [1.29, 1.82) is 0 Å². The number of amides is 1. The van der Waals surface area contributed by atoms with Gasteiger partial charge in [0.2, 0.25) is 0 Å². The summed E-state index contributed by atoms with van der Waals surface area (Å²) < 4.78 is 5.44. The van der Waals surface area contributed by atoms with Gasteiger partial charge in [-0.25, -0.2) is 0 Å². The number of hydrogen-bond acceptors (Lipinski definition) is 4. The van der Waals surface area contributed by atoms with E-state index in [4.69, 9.17) is 4.74 Å². The third-order valence-electron chi connectivity index (χ3n) is 5.48. The molecular weight excluding hydrogens is 390 g/mol. The first kappa shape index (κ1) is 20.4. The maximum absolute atomic E-state index is 13.1. The number of para-hydroxylation sites is 1. The largest absolute Gasteiger partial charge is 0.507 e. The summed E-state index contributed by atoms with van der Waals surface area (Å²) in [5.74, 6) is -0.874. The van der Waals surface area contributed by atoms with Crippen LogP contribution in [-0.4, -0.2) is 28.8 Å². The Labute approximate surface area is 181 Å². The molecule has 1 unspecified atom stereocenters. The number of hydrogen-bond donors (Lipinski definition) is 1. The third-order valence-corrected chi connectivity index (χ3v) is 5.48. The molecule has 5 nitrogen and oxygen atoms in total. The van der Waals surface area contributed by atoms with E-state index < -0.39 is 17.7 Å². The Morgan fingerprint density at radius 3 is 2.39 bits per heavy atom. The number of rotatable bonds is 5. The molecule has 0 bridgehead atoms. The monoisotopic (exact) mass is 413 g/mol. The number of aliphatic hydroxyl groups excluding tert-OH is 1. The van der Waals surface area contributed by atoms with Gasteiger partial charge in [0.1, 0.15) is 11.5 Å². The van der Waals surface area contributed by atoms with Gasteiger partial charge in [-0.2, -0.15) is 0 Å². The first-order chi connectivity index (χ1) is 15.0. The highest BCUT2D eigenvalue weighted by Crippen LogP contribution is 2.41. The predicted octanol–water partition coefficient (Wildman–Crippen LogP) is 4.63. The molecule has 0 radical (unpaired) electrons. The fraction of sp³-hybridized carbons (Fsp3) is 0.154. The van der Waals surface area contributed by atoms with Crippen LogP contribution in [0.25, 0.3) is 5.76 Å². The predicted molar refractivity (Wildman–Crippen MR) is 118 cm³/mol. The van der Waals surface area contributed by atoms with Gasteiger partial charge in [0.25, 0.3) is 11.7 Å². The Balaban J connectivity index is 1.88. The number of aryl methyl sites for hydroxylation is 1. The van der Waals surface area contributed by atoms with Gasteiger partial charge in [0, 0.05) is 11.1 Å². The van der Waals surface area contributed by atoms with Crippen LogP contribution in [0.1, 0.15) is 28.3 Å². The van der Waals surface area contributed by atoms with Crippen molar-refractivity contribution in [3.8, 4) is 5.75 Å². The summed E-state index contributed by atoms with van der Waals surface area (Å²) in [4.78, 5) is 27.7. The van der Waals surface area contributed by atoms with E-state index in [0.717, 1.165) is 16.7 Å². The molecule has 3 aromatic carbocycles. The van der Waals surface area contributed by atoms with Crippen LogP contribution in [0, 0.1) is 6.92 Å². The van der Waals surface area contributed by atoms with Crippen molar-refractivity contribution >= 4 is 17.4 Å². The van der Waals surface area contributed by atoms with Crippen LogP contribution in [0.15, 0.2) is 84.4 Å². The molecule has 1 aliphatic rings. The lowest BCUT2D eigenvalue weighted by molar-refractivity contribution is -0.140. The molecule has 0 aromatic heterocycles. The van der Waals surface area contributed by atoms with Gasteiger partial charge in [-0.05, 0) is 18.6 Å². The molecule has 1 fully saturated rings. The zero-order valence-corrected chi connectivity index (χ0v) is 17.4. The van der Waals surface area contributed by atoms with E-state index >= 15 is 0 Å². The molecule has 5 heteroatoms. The average molecular weight is 413 g/mol. The SMILES string of the molecule is COc1ccccc1CN1C(=O)C(=O)/C(=C(\O)c2ccccc2)C1c1cccc(C)c1. The van der Waals surface area contributed by atoms with Gasteiger partial charge in [-0.3, -0.25) is 9.59 Å². The summed E-state index contributed by atoms with van der Waals surface area (Å²) in [5, 5.41) is 11.0. The van der Waals surface area contributed by atoms with Gasteiger partial charge in [-0.15, -0.1) is 0 Å². The Hall–Kier alpha value is -3.86. The molecule has 156 valence electrons. The van der Waals surface area contributed by atoms with Crippen LogP contribution in [-0.2, 0) is 16.1 Å². The lowest BCUT2D eigenvalue weighted by Gasteiger charge is -2.26. The van der Waals surface area contributed by atoms with E-state index in [1.807, 2.05) is 61.5 Å². The number of nitrogens with zero attached hydrogens (tertiary/aromatic N) is 1. The van der Waals surface area contributed by atoms with Gasteiger partial charge in [0.05, 0.1) is 25.3 Å². The summed E-state index contributed by atoms with van der Waals surface area (Å²) in [6.45, 7) is 2.13. The number of Topliss-reactive ketones (excluding diaryl/α,β-unsaturated/α-hetero) is 1. The normalized spacial score (nSPS) is 17.7. The molecule has 0 aliphatic carbocycles. The lowest BCUT2D eigenvalue weighted by Crippen LogP contribution is -2.29. The molecule has 4 rings (SSSR count). The zero-order chi connectivity index (χ0) is 22.0. The van der Waals surface area contributed by atoms with Crippen molar-refractivity contribution in [2.24, 2.45) is 0 Å². The second-order valence-electron chi connectivity index (χ2n) is 7.52. The molecule has 1 saturated heterocycles. The second kappa shape index (κ2) is 8.48. The number of ketones is 1. The summed E-state index contributed by atoms with van der Waals surface area (Å²) in [5.41, 5.74) is 3.14. The zero-order valence-electron chi connectivity index (χ0n) is 17.4. The molecule has 1 N–H and O–H groups in total. The van der Waals surface area contributed by atoms with Crippen LogP contribution in [0.3, 0.4) is 0 Å². The number of carbonyl (C=O) groups is 2. The number of carbonyl (C=O) groups excluding carboxylic acids is 2. The molecule has 0 saturated carbocycles. The molecule has 1 heterocycles. The first-order valence-electron chi connectivity index (χ1n) is 10.0. The van der Waals surface area contributed by atoms with E-state index in [0.29, 0.717) is 11.3 Å². The van der Waals surface area contributed by atoms with Crippen LogP contribution in [0.5, 0.6) is 5.75 Å². The minimum absolute atomic E-state index is 0.0942. The van der Waals surface area contributed by atoms with Crippen molar-refractivity contribution in [3.63, 3.8) is 0 Å².